The van der Waals surface area contributed by atoms with Gasteiger partial charge in [0.1, 0.15) is 0 Å². The van der Waals surface area contributed by atoms with Crippen molar-refractivity contribution in [3.05, 3.63) is 34.9 Å². The van der Waals surface area contributed by atoms with Crippen LogP contribution < -0.4 is 5.32 Å². The summed E-state index contributed by atoms with van der Waals surface area (Å²) in [5, 5.41) is 3.63. The van der Waals surface area contributed by atoms with E-state index in [1.54, 1.807) is 5.56 Å². The first-order valence-electron chi connectivity index (χ1n) is 6.84. The van der Waals surface area contributed by atoms with E-state index in [4.69, 9.17) is 0 Å². The van der Waals surface area contributed by atoms with Crippen LogP contribution in [0.15, 0.2) is 18.2 Å². The molecule has 0 saturated heterocycles. The van der Waals surface area contributed by atoms with Gasteiger partial charge in [-0.15, -0.1) is 0 Å². The fraction of sp³-hybridized carbons (Fsp3) is 0.625. The van der Waals surface area contributed by atoms with Gasteiger partial charge in [0.05, 0.1) is 0 Å². The Kier molecular flexibility index (Phi) is 3.58. The van der Waals surface area contributed by atoms with Crippen molar-refractivity contribution in [1.29, 1.82) is 0 Å². The van der Waals surface area contributed by atoms with Gasteiger partial charge < -0.3 is 5.32 Å². The Morgan fingerprint density at radius 2 is 1.71 bits per heavy atom. The molecule has 0 aromatic heterocycles. The largest absolute Gasteiger partial charge is 0.314 e. The fourth-order valence-electron chi connectivity index (χ4n) is 2.85. The zero-order chi connectivity index (χ0) is 12.5. The Bertz CT molecular complexity index is 368. The van der Waals surface area contributed by atoms with Gasteiger partial charge in [-0.05, 0) is 32.3 Å². The van der Waals surface area contributed by atoms with Gasteiger partial charge in [-0.2, -0.15) is 0 Å². The lowest BCUT2D eigenvalue weighted by molar-refractivity contribution is 0.228. The quantitative estimate of drug-likeness (QED) is 0.832. The number of benzene rings is 1. The molecular weight excluding hydrogens is 206 g/mol. The third-order valence-electron chi connectivity index (χ3n) is 3.99. The second-order valence-corrected chi connectivity index (χ2v) is 6.05. The highest BCUT2D eigenvalue weighted by Crippen LogP contribution is 2.43. The smallest absolute Gasteiger partial charge is 0.00780 e. The molecule has 1 aliphatic carbocycles. The van der Waals surface area contributed by atoms with Gasteiger partial charge >= 0.3 is 0 Å². The molecule has 0 atom stereocenters. The minimum absolute atomic E-state index is 0.418. The lowest BCUT2D eigenvalue weighted by atomic mass is 9.64. The molecule has 1 aliphatic rings. The number of hydrogen-bond donors (Lipinski definition) is 1. The Labute approximate surface area is 106 Å². The summed E-state index contributed by atoms with van der Waals surface area (Å²) < 4.78 is 0. The molecule has 1 aromatic rings. The van der Waals surface area contributed by atoms with Crippen molar-refractivity contribution < 1.29 is 0 Å². The average molecular weight is 231 g/mol. The van der Waals surface area contributed by atoms with E-state index in [0.29, 0.717) is 11.5 Å². The van der Waals surface area contributed by atoms with Crippen molar-refractivity contribution in [3.8, 4) is 0 Å². The summed E-state index contributed by atoms with van der Waals surface area (Å²) in [6.07, 6.45) is 4.07. The van der Waals surface area contributed by atoms with E-state index in [1.807, 2.05) is 0 Å². The highest BCUT2D eigenvalue weighted by molar-refractivity contribution is 5.36. The maximum Gasteiger partial charge on any atom is 0.00780 e. The molecule has 0 unspecified atom stereocenters. The van der Waals surface area contributed by atoms with Crippen LogP contribution >= 0.6 is 0 Å². The van der Waals surface area contributed by atoms with E-state index in [1.165, 1.54) is 30.4 Å². The molecule has 1 aromatic carbocycles. The molecule has 1 N–H and O–H groups in total. The maximum atomic E-state index is 3.63. The topological polar surface area (TPSA) is 12.0 Å². The summed E-state index contributed by atoms with van der Waals surface area (Å²) in [5.41, 5.74) is 4.77. The molecule has 0 heterocycles. The summed E-state index contributed by atoms with van der Waals surface area (Å²) in [4.78, 5) is 0. The molecule has 1 saturated carbocycles. The Balaban J connectivity index is 2.21. The van der Waals surface area contributed by atoms with Crippen LogP contribution in [0, 0.1) is 13.8 Å². The Morgan fingerprint density at radius 3 is 2.12 bits per heavy atom. The van der Waals surface area contributed by atoms with Crippen LogP contribution in [0.2, 0.25) is 0 Å². The molecule has 0 spiro atoms. The van der Waals surface area contributed by atoms with E-state index in [0.717, 1.165) is 6.54 Å². The zero-order valence-corrected chi connectivity index (χ0v) is 11.6. The molecule has 94 valence electrons. The summed E-state index contributed by atoms with van der Waals surface area (Å²) in [5.74, 6) is 0. The van der Waals surface area contributed by atoms with Crippen LogP contribution in [0.5, 0.6) is 0 Å². The van der Waals surface area contributed by atoms with Crippen molar-refractivity contribution >= 4 is 0 Å². The van der Waals surface area contributed by atoms with Gasteiger partial charge in [0.2, 0.25) is 0 Å². The van der Waals surface area contributed by atoms with Crippen molar-refractivity contribution in [1.82, 2.24) is 5.32 Å². The van der Waals surface area contributed by atoms with Crippen LogP contribution in [0.1, 0.15) is 49.8 Å². The molecule has 1 nitrogen and oxygen atoms in total. The van der Waals surface area contributed by atoms with Gasteiger partial charge in [0.25, 0.3) is 0 Å². The first kappa shape index (κ1) is 12.6. The van der Waals surface area contributed by atoms with E-state index in [2.05, 4.69) is 51.2 Å². The second kappa shape index (κ2) is 4.81. The first-order chi connectivity index (χ1) is 8.02. The molecule has 2 rings (SSSR count). The minimum Gasteiger partial charge on any atom is -0.314 e. The van der Waals surface area contributed by atoms with Gasteiger partial charge in [-0.25, -0.2) is 0 Å². The lowest BCUT2D eigenvalue weighted by Gasteiger charge is -2.43. The average Bonchev–Trinajstić information content (AvgIpc) is 2.13. The van der Waals surface area contributed by atoms with Crippen LogP contribution in [0.25, 0.3) is 0 Å². The molecule has 1 heteroatoms. The zero-order valence-electron chi connectivity index (χ0n) is 11.6. The van der Waals surface area contributed by atoms with Crippen molar-refractivity contribution in [2.24, 2.45) is 0 Å². The van der Waals surface area contributed by atoms with Gasteiger partial charge in [0.15, 0.2) is 0 Å². The van der Waals surface area contributed by atoms with Gasteiger partial charge in [-0.1, -0.05) is 49.6 Å². The van der Waals surface area contributed by atoms with Gasteiger partial charge in [0, 0.05) is 18.0 Å². The Morgan fingerprint density at radius 1 is 1.12 bits per heavy atom. The molecule has 0 amide bonds. The van der Waals surface area contributed by atoms with Crippen molar-refractivity contribution in [3.63, 3.8) is 0 Å². The van der Waals surface area contributed by atoms with Crippen LogP contribution in [-0.2, 0) is 5.41 Å². The summed E-state index contributed by atoms with van der Waals surface area (Å²) in [7, 11) is 0. The number of rotatable bonds is 4. The van der Waals surface area contributed by atoms with Crippen molar-refractivity contribution in [2.75, 3.05) is 6.54 Å². The summed E-state index contributed by atoms with van der Waals surface area (Å²) in [6.45, 7) is 10.0. The molecule has 0 aliphatic heterocycles. The second-order valence-electron chi connectivity index (χ2n) is 6.05. The molecular formula is C16H25N. The SMILES string of the molecule is Cc1cc(C)cc(C2(CNC(C)C)CCC2)c1. The molecule has 0 radical (unpaired) electrons. The third kappa shape index (κ3) is 2.71. The van der Waals surface area contributed by atoms with E-state index >= 15 is 0 Å². The fourth-order valence-corrected chi connectivity index (χ4v) is 2.85. The molecule has 0 bridgehead atoms. The number of aryl methyl sites for hydroxylation is 2. The highest BCUT2D eigenvalue weighted by Gasteiger charge is 2.38. The number of nitrogens with one attached hydrogen (secondary N) is 1. The third-order valence-corrected chi connectivity index (χ3v) is 3.99. The van der Waals surface area contributed by atoms with E-state index in [-0.39, 0.29) is 0 Å². The van der Waals surface area contributed by atoms with Crippen LogP contribution in [0.3, 0.4) is 0 Å². The standard InChI is InChI=1S/C16H25N/c1-12(2)17-11-16(6-5-7-16)15-9-13(3)8-14(4)10-15/h8-10,12,17H,5-7,11H2,1-4H3. The molecule has 1 fully saturated rings. The summed E-state index contributed by atoms with van der Waals surface area (Å²) in [6, 6.07) is 7.62. The molecule has 17 heavy (non-hydrogen) atoms. The monoisotopic (exact) mass is 231 g/mol. The van der Waals surface area contributed by atoms with Crippen LogP contribution in [0.4, 0.5) is 0 Å². The predicted molar refractivity (Wildman–Crippen MR) is 74.6 cm³/mol. The van der Waals surface area contributed by atoms with Crippen molar-refractivity contribution in [2.45, 2.75) is 58.4 Å². The van der Waals surface area contributed by atoms with Crippen LogP contribution in [-0.4, -0.2) is 12.6 Å². The van der Waals surface area contributed by atoms with E-state index < -0.39 is 0 Å². The summed E-state index contributed by atoms with van der Waals surface area (Å²) >= 11 is 0. The maximum absolute atomic E-state index is 3.63. The number of hydrogen-bond acceptors (Lipinski definition) is 1. The minimum atomic E-state index is 0.418. The van der Waals surface area contributed by atoms with E-state index in [9.17, 15) is 0 Å². The highest BCUT2D eigenvalue weighted by atomic mass is 14.9. The van der Waals surface area contributed by atoms with Gasteiger partial charge in [-0.3, -0.25) is 0 Å². The lowest BCUT2D eigenvalue weighted by Crippen LogP contribution is -2.45. The normalized spacial score (nSPS) is 18.2. The Hall–Kier alpha value is -0.820. The first-order valence-corrected chi connectivity index (χ1v) is 6.84. The predicted octanol–water partition coefficient (Wildman–Crippen LogP) is 3.72.